The van der Waals surface area contributed by atoms with E-state index in [4.69, 9.17) is 4.74 Å². The molecule has 1 aliphatic carbocycles. The zero-order valence-corrected chi connectivity index (χ0v) is 8.63. The Morgan fingerprint density at radius 1 is 1.21 bits per heavy atom. The van der Waals surface area contributed by atoms with E-state index in [1.54, 1.807) is 12.1 Å². The largest absolute Gasteiger partial charge is 0.426 e. The van der Waals surface area contributed by atoms with Crippen LogP contribution in [0.25, 0.3) is 0 Å². The molecule has 1 saturated carbocycles. The fourth-order valence-corrected chi connectivity index (χ4v) is 1.33. The molecule has 2 rings (SSSR count). The summed E-state index contributed by atoms with van der Waals surface area (Å²) in [5.74, 6) is 0.733. The Balaban J connectivity index is 0.000000980. The van der Waals surface area contributed by atoms with Crippen LogP contribution in [-0.4, -0.2) is 5.97 Å². The van der Waals surface area contributed by atoms with Crippen molar-refractivity contribution in [3.8, 4) is 5.75 Å². The van der Waals surface area contributed by atoms with Crippen LogP contribution in [0.3, 0.4) is 0 Å². The number of esters is 1. The van der Waals surface area contributed by atoms with Gasteiger partial charge >= 0.3 is 5.97 Å². The van der Waals surface area contributed by atoms with Crippen LogP contribution >= 0.6 is 12.4 Å². The van der Waals surface area contributed by atoms with Crippen molar-refractivity contribution < 1.29 is 9.53 Å². The molecule has 0 saturated heterocycles. The van der Waals surface area contributed by atoms with Gasteiger partial charge in [-0.2, -0.15) is 0 Å². The Kier molecular flexibility index (Phi) is 3.96. The molecule has 14 heavy (non-hydrogen) atoms. The van der Waals surface area contributed by atoms with Gasteiger partial charge in [-0.15, -0.1) is 12.4 Å². The average Bonchev–Trinajstić information content (AvgIpc) is 2.02. The van der Waals surface area contributed by atoms with Gasteiger partial charge in [-0.1, -0.05) is 24.6 Å². The van der Waals surface area contributed by atoms with Crippen molar-refractivity contribution in [3.05, 3.63) is 30.3 Å². The predicted molar refractivity (Wildman–Crippen MR) is 56.7 cm³/mol. The number of halogens is 1. The lowest BCUT2D eigenvalue weighted by Crippen LogP contribution is -2.26. The number of carbonyl (C=O) groups is 1. The highest BCUT2D eigenvalue weighted by atomic mass is 35.5. The van der Waals surface area contributed by atoms with Gasteiger partial charge < -0.3 is 4.74 Å². The minimum atomic E-state index is -0.0718. The molecule has 0 aromatic heterocycles. The molecule has 0 aliphatic heterocycles. The number of hydrogen-bond acceptors (Lipinski definition) is 2. The number of benzene rings is 1. The highest BCUT2D eigenvalue weighted by Crippen LogP contribution is 2.28. The number of carbonyl (C=O) groups excluding carboxylic acids is 1. The lowest BCUT2D eigenvalue weighted by molar-refractivity contribution is -0.141. The van der Waals surface area contributed by atoms with Crippen LogP contribution in [0.2, 0.25) is 0 Å². The maximum absolute atomic E-state index is 11.4. The second-order valence-electron chi connectivity index (χ2n) is 3.36. The first-order valence-electron chi connectivity index (χ1n) is 4.63. The van der Waals surface area contributed by atoms with Gasteiger partial charge in [0.15, 0.2) is 0 Å². The Bertz CT molecular complexity index is 293. The second kappa shape index (κ2) is 5.01. The zero-order chi connectivity index (χ0) is 9.10. The smallest absolute Gasteiger partial charge is 0.314 e. The Labute approximate surface area is 89.7 Å². The van der Waals surface area contributed by atoms with Crippen LogP contribution in [0, 0.1) is 5.92 Å². The molecular weight excluding hydrogens is 200 g/mol. The molecule has 76 valence electrons. The summed E-state index contributed by atoms with van der Waals surface area (Å²) in [5.41, 5.74) is 0. The molecule has 1 aromatic carbocycles. The molecule has 1 aliphatic rings. The third kappa shape index (κ3) is 2.48. The topological polar surface area (TPSA) is 26.3 Å². The van der Waals surface area contributed by atoms with Gasteiger partial charge in [-0.25, -0.2) is 0 Å². The van der Waals surface area contributed by atoms with Crippen molar-refractivity contribution >= 4 is 18.4 Å². The van der Waals surface area contributed by atoms with E-state index in [0.29, 0.717) is 5.75 Å². The molecule has 0 N–H and O–H groups in total. The summed E-state index contributed by atoms with van der Waals surface area (Å²) >= 11 is 0. The first-order chi connectivity index (χ1) is 6.36. The van der Waals surface area contributed by atoms with Gasteiger partial charge in [0.1, 0.15) is 5.75 Å². The fraction of sp³-hybridized carbons (Fsp3) is 0.364. The van der Waals surface area contributed by atoms with Crippen molar-refractivity contribution in [2.45, 2.75) is 19.3 Å². The summed E-state index contributed by atoms with van der Waals surface area (Å²) in [4.78, 5) is 11.4. The van der Waals surface area contributed by atoms with Crippen LogP contribution in [-0.2, 0) is 4.79 Å². The van der Waals surface area contributed by atoms with E-state index in [2.05, 4.69) is 0 Å². The summed E-state index contributed by atoms with van der Waals surface area (Å²) in [5, 5.41) is 0. The second-order valence-corrected chi connectivity index (χ2v) is 3.36. The molecule has 1 aromatic rings. The molecule has 0 atom stereocenters. The van der Waals surface area contributed by atoms with Crippen molar-refractivity contribution in [2.75, 3.05) is 0 Å². The first-order valence-corrected chi connectivity index (χ1v) is 4.63. The number of ether oxygens (including phenoxy) is 1. The monoisotopic (exact) mass is 212 g/mol. The standard InChI is InChI=1S/C11H12O2.ClH/c12-11(9-5-4-6-9)13-10-7-2-1-3-8-10;/h1-3,7-9H,4-6H2;1H. The zero-order valence-electron chi connectivity index (χ0n) is 7.81. The molecule has 1 fully saturated rings. The van der Waals surface area contributed by atoms with E-state index in [-0.39, 0.29) is 24.3 Å². The summed E-state index contributed by atoms with van der Waals surface area (Å²) < 4.78 is 5.18. The maximum atomic E-state index is 11.4. The molecule has 0 unspecified atom stereocenters. The summed E-state index contributed by atoms with van der Waals surface area (Å²) in [7, 11) is 0. The lowest BCUT2D eigenvalue weighted by Gasteiger charge is -2.22. The van der Waals surface area contributed by atoms with Crippen LogP contribution < -0.4 is 4.74 Å². The fourth-order valence-electron chi connectivity index (χ4n) is 1.33. The first kappa shape index (κ1) is 11.1. The van der Waals surface area contributed by atoms with Gasteiger partial charge in [0.05, 0.1) is 5.92 Å². The summed E-state index contributed by atoms with van der Waals surface area (Å²) in [6.45, 7) is 0. The van der Waals surface area contributed by atoms with Crippen LogP contribution in [0.1, 0.15) is 19.3 Å². The van der Waals surface area contributed by atoms with Crippen LogP contribution in [0.15, 0.2) is 30.3 Å². The Hall–Kier alpha value is -1.02. The molecule has 0 radical (unpaired) electrons. The normalized spacial score (nSPS) is 15.1. The van der Waals surface area contributed by atoms with Crippen LogP contribution in [0.5, 0.6) is 5.75 Å². The van der Waals surface area contributed by atoms with Crippen molar-refractivity contribution in [2.24, 2.45) is 5.92 Å². The molecule has 3 heteroatoms. The SMILES string of the molecule is Cl.O=C(Oc1ccccc1)C1CCC1. The predicted octanol–water partition coefficient (Wildman–Crippen LogP) is 2.81. The van der Waals surface area contributed by atoms with Gasteiger partial charge in [-0.3, -0.25) is 4.79 Å². The van der Waals surface area contributed by atoms with Crippen molar-refractivity contribution in [3.63, 3.8) is 0 Å². The van der Waals surface area contributed by atoms with E-state index in [1.807, 2.05) is 18.2 Å². The third-order valence-electron chi connectivity index (χ3n) is 2.40. The van der Waals surface area contributed by atoms with Crippen molar-refractivity contribution in [1.82, 2.24) is 0 Å². The maximum Gasteiger partial charge on any atom is 0.314 e. The third-order valence-corrected chi connectivity index (χ3v) is 2.40. The summed E-state index contributed by atoms with van der Waals surface area (Å²) in [6.07, 6.45) is 3.14. The van der Waals surface area contributed by atoms with E-state index in [0.717, 1.165) is 19.3 Å². The Morgan fingerprint density at radius 3 is 2.36 bits per heavy atom. The molecule has 2 nitrogen and oxygen atoms in total. The van der Waals surface area contributed by atoms with Gasteiger partial charge in [0.25, 0.3) is 0 Å². The lowest BCUT2D eigenvalue weighted by atomic mass is 9.86. The van der Waals surface area contributed by atoms with Crippen molar-refractivity contribution in [1.29, 1.82) is 0 Å². The van der Waals surface area contributed by atoms with E-state index in [1.165, 1.54) is 0 Å². The van der Waals surface area contributed by atoms with Gasteiger partial charge in [-0.05, 0) is 25.0 Å². The quantitative estimate of drug-likeness (QED) is 0.557. The van der Waals surface area contributed by atoms with E-state index in [9.17, 15) is 4.79 Å². The minimum Gasteiger partial charge on any atom is -0.426 e. The van der Waals surface area contributed by atoms with Gasteiger partial charge in [0.2, 0.25) is 0 Å². The molecule has 0 spiro atoms. The molecule has 0 amide bonds. The number of hydrogen-bond donors (Lipinski definition) is 0. The van der Waals surface area contributed by atoms with Gasteiger partial charge in [0, 0.05) is 0 Å². The van der Waals surface area contributed by atoms with E-state index >= 15 is 0 Å². The average molecular weight is 213 g/mol. The highest BCUT2D eigenvalue weighted by Gasteiger charge is 2.26. The number of para-hydroxylation sites is 1. The molecule has 0 bridgehead atoms. The molecule has 0 heterocycles. The van der Waals surface area contributed by atoms with Crippen LogP contribution in [0.4, 0.5) is 0 Å². The highest BCUT2D eigenvalue weighted by molar-refractivity contribution is 5.85. The summed E-state index contributed by atoms with van der Waals surface area (Å²) in [6, 6.07) is 9.24. The minimum absolute atomic E-state index is 0. The number of rotatable bonds is 2. The Morgan fingerprint density at radius 2 is 1.86 bits per heavy atom. The molecular formula is C11H13ClO2. The van der Waals surface area contributed by atoms with E-state index < -0.39 is 0 Å².